The zero-order valence-corrected chi connectivity index (χ0v) is 10.9. The molecule has 0 amide bonds. The Morgan fingerprint density at radius 3 is 1.12 bits per heavy atom. The molecule has 1 fully saturated rings. The Morgan fingerprint density at radius 1 is 0.765 bits per heavy atom. The van der Waals surface area contributed by atoms with Crippen LogP contribution in [-0.4, -0.2) is 60.1 Å². The van der Waals surface area contributed by atoms with Crippen LogP contribution in [0.2, 0.25) is 0 Å². The summed E-state index contributed by atoms with van der Waals surface area (Å²) in [6.07, 6.45) is 4.28. The second-order valence-corrected chi connectivity index (χ2v) is 5.05. The van der Waals surface area contributed by atoms with Gasteiger partial charge in [-0.05, 0) is 33.0 Å². The lowest BCUT2D eigenvalue weighted by Gasteiger charge is -2.20. The largest absolute Gasteiger partial charge is 0.394 e. The molecule has 11 heteroatoms. The summed E-state index contributed by atoms with van der Waals surface area (Å²) in [5.74, 6) is 0. The smallest absolute Gasteiger partial charge is 0.306 e. The number of piperidine rings is 1. The third kappa shape index (κ3) is 49.7. The molecule has 0 saturated carbocycles. The second-order valence-electron chi connectivity index (χ2n) is 3.26. The van der Waals surface area contributed by atoms with Gasteiger partial charge in [-0.3, -0.25) is 18.2 Å². The van der Waals surface area contributed by atoms with Crippen LogP contribution in [0.4, 0.5) is 0 Å². The number of hydrogen-bond donors (Lipinski definition) is 4. The van der Waals surface area contributed by atoms with Crippen molar-refractivity contribution in [1.29, 1.82) is 0 Å². The minimum absolute atomic E-state index is 1.32. The van der Waals surface area contributed by atoms with Crippen LogP contribution in [0.3, 0.4) is 0 Å². The molecule has 0 aliphatic carbocycles. The zero-order valence-electron chi connectivity index (χ0n) is 9.22. The molecule has 106 valence electrons. The topological polar surface area (TPSA) is 152 Å². The lowest BCUT2D eigenvalue weighted by atomic mass is 10.1. The van der Waals surface area contributed by atoms with Crippen LogP contribution in [0.5, 0.6) is 0 Å². The van der Waals surface area contributed by atoms with Crippen LogP contribution >= 0.6 is 0 Å². The summed E-state index contributed by atoms with van der Waals surface area (Å²) in [4.78, 5) is 2.39. The summed E-state index contributed by atoms with van der Waals surface area (Å²) in [5, 5.41) is 0. The van der Waals surface area contributed by atoms with Crippen LogP contribution in [0.1, 0.15) is 19.3 Å². The maximum absolute atomic E-state index is 8.74. The molecule has 1 saturated heterocycles. The van der Waals surface area contributed by atoms with Crippen molar-refractivity contribution in [3.63, 3.8) is 0 Å². The Balaban J connectivity index is 0. The van der Waals surface area contributed by atoms with E-state index in [-0.39, 0.29) is 0 Å². The summed E-state index contributed by atoms with van der Waals surface area (Å²) < 4.78 is 63.2. The normalized spacial score (nSPS) is 17.2. The molecule has 0 aromatic carbocycles. The van der Waals surface area contributed by atoms with Crippen molar-refractivity contribution in [2.45, 2.75) is 19.3 Å². The highest BCUT2D eigenvalue weighted by Gasteiger charge is 2.02. The van der Waals surface area contributed by atoms with Gasteiger partial charge in [-0.1, -0.05) is 6.42 Å². The Kier molecular flexibility index (Phi) is 9.80. The van der Waals surface area contributed by atoms with Crippen LogP contribution < -0.4 is 0 Å². The van der Waals surface area contributed by atoms with Gasteiger partial charge in [0.1, 0.15) is 0 Å². The lowest BCUT2D eigenvalue weighted by Crippen LogP contribution is -2.24. The van der Waals surface area contributed by atoms with Crippen molar-refractivity contribution in [3.8, 4) is 0 Å². The van der Waals surface area contributed by atoms with Crippen molar-refractivity contribution in [3.05, 3.63) is 0 Å². The molecule has 4 N–H and O–H groups in total. The van der Waals surface area contributed by atoms with Gasteiger partial charge in [0.15, 0.2) is 0 Å². The van der Waals surface area contributed by atoms with Crippen molar-refractivity contribution < 1.29 is 35.0 Å². The maximum atomic E-state index is 8.74. The molecule has 0 bridgehead atoms. The van der Waals surface area contributed by atoms with Gasteiger partial charge in [0.2, 0.25) is 0 Å². The number of rotatable bonds is 0. The van der Waals surface area contributed by atoms with E-state index in [0.717, 1.165) is 0 Å². The zero-order chi connectivity index (χ0) is 14.1. The van der Waals surface area contributed by atoms with Gasteiger partial charge in [-0.25, -0.2) is 0 Å². The molecular formula is C6H17NO8S2. The summed E-state index contributed by atoms with van der Waals surface area (Å²) >= 11 is 0. The van der Waals surface area contributed by atoms with Crippen molar-refractivity contribution in [2.24, 2.45) is 0 Å². The van der Waals surface area contributed by atoms with Gasteiger partial charge in [0.25, 0.3) is 0 Å². The van der Waals surface area contributed by atoms with E-state index >= 15 is 0 Å². The van der Waals surface area contributed by atoms with Crippen molar-refractivity contribution >= 4 is 20.8 Å². The van der Waals surface area contributed by atoms with E-state index in [1.54, 1.807) is 0 Å². The average Bonchev–Trinajstić information content (AvgIpc) is 1.98. The number of likely N-dealkylation sites (tertiary alicyclic amines) is 1. The first-order valence-electron chi connectivity index (χ1n) is 4.48. The third-order valence-corrected chi connectivity index (χ3v) is 1.58. The lowest BCUT2D eigenvalue weighted by molar-refractivity contribution is 0.277. The molecule has 1 aliphatic heterocycles. The van der Waals surface area contributed by atoms with Gasteiger partial charge >= 0.3 is 20.8 Å². The molecule has 17 heavy (non-hydrogen) atoms. The monoisotopic (exact) mass is 295 g/mol. The Bertz CT molecular complexity index is 323. The Labute approximate surface area is 101 Å². The molecule has 0 aromatic rings. The van der Waals surface area contributed by atoms with Crippen LogP contribution in [0.15, 0.2) is 0 Å². The van der Waals surface area contributed by atoms with Crippen molar-refractivity contribution in [2.75, 3.05) is 20.1 Å². The van der Waals surface area contributed by atoms with E-state index in [1.165, 1.54) is 32.4 Å². The van der Waals surface area contributed by atoms with Gasteiger partial charge in [0, 0.05) is 0 Å². The highest BCUT2D eigenvalue weighted by molar-refractivity contribution is 7.80. The fourth-order valence-electron chi connectivity index (χ4n) is 1.05. The number of nitrogens with zero attached hydrogens (tertiary/aromatic N) is 1. The van der Waals surface area contributed by atoms with Gasteiger partial charge in [-0.15, -0.1) is 0 Å². The van der Waals surface area contributed by atoms with E-state index in [4.69, 9.17) is 35.0 Å². The first-order valence-corrected chi connectivity index (χ1v) is 7.27. The first-order chi connectivity index (χ1) is 7.39. The molecule has 1 rings (SSSR count). The summed E-state index contributed by atoms with van der Waals surface area (Å²) in [7, 11) is -7.14. The molecule has 0 atom stereocenters. The average molecular weight is 295 g/mol. The standard InChI is InChI=1S/C6H13N.2H2O4S/c1-7-5-3-2-4-6-7;2*1-5(2,3)4/h2-6H2,1H3;2*(H2,1,2,3,4). The van der Waals surface area contributed by atoms with E-state index in [1.807, 2.05) is 0 Å². The molecule has 0 unspecified atom stereocenters. The Morgan fingerprint density at radius 2 is 1.00 bits per heavy atom. The SMILES string of the molecule is CN1CCCCC1.O=S(=O)(O)O.O=S(=O)(O)O. The van der Waals surface area contributed by atoms with Gasteiger partial charge in [-0.2, -0.15) is 16.8 Å². The Hall–Kier alpha value is -0.300. The summed E-state index contributed by atoms with van der Waals surface area (Å²) in [5.41, 5.74) is 0. The molecule has 0 aromatic heterocycles. The maximum Gasteiger partial charge on any atom is 0.394 e. The molecule has 0 radical (unpaired) electrons. The first kappa shape index (κ1) is 19.0. The van der Waals surface area contributed by atoms with E-state index in [9.17, 15) is 0 Å². The summed E-state index contributed by atoms with van der Waals surface area (Å²) in [6, 6.07) is 0. The predicted molar refractivity (Wildman–Crippen MR) is 59.7 cm³/mol. The highest BCUT2D eigenvalue weighted by Crippen LogP contribution is 2.04. The van der Waals surface area contributed by atoms with E-state index in [0.29, 0.717) is 0 Å². The fourth-order valence-corrected chi connectivity index (χ4v) is 1.05. The second kappa shape index (κ2) is 8.74. The molecular weight excluding hydrogens is 278 g/mol. The molecule has 9 nitrogen and oxygen atoms in total. The minimum atomic E-state index is -4.67. The number of hydrogen-bond acceptors (Lipinski definition) is 5. The van der Waals surface area contributed by atoms with Crippen molar-refractivity contribution in [1.82, 2.24) is 4.90 Å². The van der Waals surface area contributed by atoms with Gasteiger partial charge < -0.3 is 4.90 Å². The quantitative estimate of drug-likeness (QED) is 0.445. The summed E-state index contributed by atoms with van der Waals surface area (Å²) in [6.45, 7) is 2.64. The van der Waals surface area contributed by atoms with Crippen LogP contribution in [0.25, 0.3) is 0 Å². The minimum Gasteiger partial charge on any atom is -0.306 e. The third-order valence-electron chi connectivity index (χ3n) is 1.58. The molecule has 0 spiro atoms. The van der Waals surface area contributed by atoms with E-state index < -0.39 is 20.8 Å². The van der Waals surface area contributed by atoms with Crippen LogP contribution in [-0.2, 0) is 20.8 Å². The van der Waals surface area contributed by atoms with Gasteiger partial charge in [0.05, 0.1) is 0 Å². The van der Waals surface area contributed by atoms with E-state index in [2.05, 4.69) is 11.9 Å². The highest BCUT2D eigenvalue weighted by atomic mass is 32.3. The molecule has 1 heterocycles. The molecule has 1 aliphatic rings. The van der Waals surface area contributed by atoms with Crippen LogP contribution in [0, 0.1) is 0 Å². The fraction of sp³-hybridized carbons (Fsp3) is 1.00. The predicted octanol–water partition coefficient (Wildman–Crippen LogP) is -0.203.